The number of hydrogen-bond donors (Lipinski definition) is 2. The van der Waals surface area contributed by atoms with Gasteiger partial charge in [0.2, 0.25) is 0 Å². The van der Waals surface area contributed by atoms with E-state index in [2.05, 4.69) is 30.4 Å². The van der Waals surface area contributed by atoms with Crippen molar-refractivity contribution in [3.05, 3.63) is 29.8 Å². The van der Waals surface area contributed by atoms with Crippen LogP contribution in [0.4, 0.5) is 5.69 Å². The van der Waals surface area contributed by atoms with E-state index in [4.69, 9.17) is 0 Å². The fourth-order valence-electron chi connectivity index (χ4n) is 2.25. The number of fused-ring (bicyclic) bond motifs is 1. The predicted octanol–water partition coefficient (Wildman–Crippen LogP) is 2.57. The second-order valence-electron chi connectivity index (χ2n) is 4.30. The average molecular weight is 205 g/mol. The molecule has 0 fully saturated rings. The first-order valence-corrected chi connectivity index (χ1v) is 5.83. The third-order valence-corrected chi connectivity index (χ3v) is 3.13. The van der Waals surface area contributed by atoms with Gasteiger partial charge < -0.3 is 10.4 Å². The summed E-state index contributed by atoms with van der Waals surface area (Å²) in [5.41, 5.74) is 2.57. The Morgan fingerprint density at radius 3 is 3.07 bits per heavy atom. The fraction of sp³-hybridized carbons (Fsp3) is 0.538. The van der Waals surface area contributed by atoms with Crippen molar-refractivity contribution in [2.24, 2.45) is 0 Å². The van der Waals surface area contributed by atoms with E-state index < -0.39 is 0 Å². The van der Waals surface area contributed by atoms with Crippen molar-refractivity contribution in [3.63, 3.8) is 0 Å². The van der Waals surface area contributed by atoms with Gasteiger partial charge in [-0.25, -0.2) is 0 Å². The molecular formula is C13H19NO. The van der Waals surface area contributed by atoms with Gasteiger partial charge in [0, 0.05) is 5.69 Å². The lowest BCUT2D eigenvalue weighted by Gasteiger charge is -2.30. The van der Waals surface area contributed by atoms with Crippen LogP contribution in [0.25, 0.3) is 0 Å². The molecule has 0 aromatic heterocycles. The van der Waals surface area contributed by atoms with Crippen LogP contribution < -0.4 is 5.32 Å². The quantitative estimate of drug-likeness (QED) is 0.795. The maximum atomic E-state index is 9.94. The molecule has 1 aromatic carbocycles. The SMILES string of the molecule is CCCC(O)C1CCc2ccccc2N1. The molecule has 0 aliphatic carbocycles. The summed E-state index contributed by atoms with van der Waals surface area (Å²) in [6.07, 6.45) is 3.84. The molecule has 0 saturated carbocycles. The van der Waals surface area contributed by atoms with Crippen LogP contribution in [-0.2, 0) is 6.42 Å². The highest BCUT2D eigenvalue weighted by molar-refractivity contribution is 5.53. The molecule has 0 saturated heterocycles. The first-order chi connectivity index (χ1) is 7.31. The van der Waals surface area contributed by atoms with Crippen molar-refractivity contribution >= 4 is 5.69 Å². The molecule has 0 bridgehead atoms. The summed E-state index contributed by atoms with van der Waals surface area (Å²) in [5, 5.41) is 13.4. The summed E-state index contributed by atoms with van der Waals surface area (Å²) in [5.74, 6) is 0. The van der Waals surface area contributed by atoms with E-state index >= 15 is 0 Å². The van der Waals surface area contributed by atoms with Gasteiger partial charge in [-0.3, -0.25) is 0 Å². The van der Waals surface area contributed by atoms with Gasteiger partial charge in [-0.2, -0.15) is 0 Å². The van der Waals surface area contributed by atoms with Crippen LogP contribution in [0, 0.1) is 0 Å². The highest BCUT2D eigenvalue weighted by Gasteiger charge is 2.22. The van der Waals surface area contributed by atoms with Gasteiger partial charge in [-0.1, -0.05) is 31.5 Å². The number of anilines is 1. The number of nitrogens with one attached hydrogen (secondary N) is 1. The van der Waals surface area contributed by atoms with Crippen molar-refractivity contribution in [2.75, 3.05) is 5.32 Å². The smallest absolute Gasteiger partial charge is 0.0741 e. The molecule has 1 aliphatic rings. The molecule has 0 radical (unpaired) electrons. The van der Waals surface area contributed by atoms with Crippen molar-refractivity contribution in [3.8, 4) is 0 Å². The minimum Gasteiger partial charge on any atom is -0.391 e. The fourth-order valence-corrected chi connectivity index (χ4v) is 2.25. The first-order valence-electron chi connectivity index (χ1n) is 5.83. The van der Waals surface area contributed by atoms with Gasteiger partial charge in [0.1, 0.15) is 0 Å². The van der Waals surface area contributed by atoms with Gasteiger partial charge in [-0.15, -0.1) is 0 Å². The highest BCUT2D eigenvalue weighted by atomic mass is 16.3. The molecule has 2 N–H and O–H groups in total. The van der Waals surface area contributed by atoms with Crippen molar-refractivity contribution in [2.45, 2.75) is 44.8 Å². The molecule has 1 aliphatic heterocycles. The molecule has 0 spiro atoms. The standard InChI is InChI=1S/C13H19NO/c1-2-5-13(15)12-9-8-10-6-3-4-7-11(10)14-12/h3-4,6-7,12-15H,2,5,8-9H2,1H3. The number of benzene rings is 1. The highest BCUT2D eigenvalue weighted by Crippen LogP contribution is 2.26. The van der Waals surface area contributed by atoms with Crippen LogP contribution in [0.2, 0.25) is 0 Å². The van der Waals surface area contributed by atoms with Crippen LogP contribution in [0.3, 0.4) is 0 Å². The molecule has 15 heavy (non-hydrogen) atoms. The number of aryl methyl sites for hydroxylation is 1. The number of para-hydroxylation sites is 1. The van der Waals surface area contributed by atoms with E-state index in [1.165, 1.54) is 11.3 Å². The molecule has 2 atom stereocenters. The minimum absolute atomic E-state index is 0.205. The predicted molar refractivity (Wildman–Crippen MR) is 63.1 cm³/mol. The van der Waals surface area contributed by atoms with Crippen molar-refractivity contribution in [1.82, 2.24) is 0 Å². The molecule has 82 valence electrons. The van der Waals surface area contributed by atoms with Crippen LogP contribution >= 0.6 is 0 Å². The van der Waals surface area contributed by atoms with Gasteiger partial charge >= 0.3 is 0 Å². The molecule has 2 heteroatoms. The topological polar surface area (TPSA) is 32.3 Å². The molecule has 2 nitrogen and oxygen atoms in total. The third kappa shape index (κ3) is 2.32. The summed E-state index contributed by atoms with van der Waals surface area (Å²) in [4.78, 5) is 0. The Balaban J connectivity index is 2.05. The number of hydrogen-bond acceptors (Lipinski definition) is 2. The van der Waals surface area contributed by atoms with E-state index in [0.29, 0.717) is 0 Å². The van der Waals surface area contributed by atoms with Crippen LogP contribution in [-0.4, -0.2) is 17.3 Å². The van der Waals surface area contributed by atoms with Crippen LogP contribution in [0.1, 0.15) is 31.7 Å². The largest absolute Gasteiger partial charge is 0.391 e. The monoisotopic (exact) mass is 205 g/mol. The van der Waals surface area contributed by atoms with E-state index in [0.717, 1.165) is 25.7 Å². The van der Waals surface area contributed by atoms with Crippen LogP contribution in [0.5, 0.6) is 0 Å². The van der Waals surface area contributed by atoms with Gasteiger partial charge in [0.05, 0.1) is 12.1 Å². The lowest BCUT2D eigenvalue weighted by Crippen LogP contribution is -2.36. The third-order valence-electron chi connectivity index (χ3n) is 3.13. The second-order valence-corrected chi connectivity index (χ2v) is 4.30. The number of aliphatic hydroxyl groups excluding tert-OH is 1. The summed E-state index contributed by atoms with van der Waals surface area (Å²) in [7, 11) is 0. The maximum Gasteiger partial charge on any atom is 0.0741 e. The second kappa shape index (κ2) is 4.67. The zero-order chi connectivity index (χ0) is 10.7. The molecule has 1 aromatic rings. The lowest BCUT2D eigenvalue weighted by molar-refractivity contribution is 0.136. The zero-order valence-electron chi connectivity index (χ0n) is 9.24. The minimum atomic E-state index is -0.205. The Morgan fingerprint density at radius 2 is 2.27 bits per heavy atom. The van der Waals surface area contributed by atoms with E-state index in [9.17, 15) is 5.11 Å². The van der Waals surface area contributed by atoms with Gasteiger partial charge in [0.15, 0.2) is 0 Å². The Hall–Kier alpha value is -1.02. The number of aliphatic hydroxyl groups is 1. The number of rotatable bonds is 3. The Bertz CT molecular complexity index is 324. The zero-order valence-corrected chi connectivity index (χ0v) is 9.24. The molecule has 2 rings (SSSR count). The van der Waals surface area contributed by atoms with Crippen LogP contribution in [0.15, 0.2) is 24.3 Å². The first kappa shape index (κ1) is 10.5. The summed E-state index contributed by atoms with van der Waals surface area (Å²) < 4.78 is 0. The Kier molecular flexibility index (Phi) is 3.27. The Morgan fingerprint density at radius 1 is 1.47 bits per heavy atom. The van der Waals surface area contributed by atoms with Gasteiger partial charge in [-0.05, 0) is 30.9 Å². The van der Waals surface area contributed by atoms with Crippen molar-refractivity contribution in [1.29, 1.82) is 0 Å². The van der Waals surface area contributed by atoms with E-state index in [1.807, 2.05) is 6.07 Å². The average Bonchev–Trinajstić information content (AvgIpc) is 2.29. The molecule has 2 unspecified atom stereocenters. The molecular weight excluding hydrogens is 186 g/mol. The Labute approximate surface area is 91.3 Å². The molecule has 0 amide bonds. The lowest BCUT2D eigenvalue weighted by atomic mass is 9.93. The van der Waals surface area contributed by atoms with E-state index in [1.54, 1.807) is 0 Å². The normalized spacial score (nSPS) is 21.6. The van der Waals surface area contributed by atoms with E-state index in [-0.39, 0.29) is 12.1 Å². The van der Waals surface area contributed by atoms with Gasteiger partial charge in [0.25, 0.3) is 0 Å². The molecule has 1 heterocycles. The summed E-state index contributed by atoms with van der Waals surface area (Å²) >= 11 is 0. The summed E-state index contributed by atoms with van der Waals surface area (Å²) in [6, 6.07) is 8.61. The maximum absolute atomic E-state index is 9.94. The summed E-state index contributed by atoms with van der Waals surface area (Å²) in [6.45, 7) is 2.11. The van der Waals surface area contributed by atoms with Crippen molar-refractivity contribution < 1.29 is 5.11 Å².